The third kappa shape index (κ3) is 8.98. The number of ether oxygens (including phenoxy) is 1. The van der Waals surface area contributed by atoms with E-state index in [1.165, 1.54) is 0 Å². The number of carbonyl (C=O) groups excluding carboxylic acids is 2. The van der Waals surface area contributed by atoms with Gasteiger partial charge in [0, 0.05) is 17.5 Å². The molecule has 0 saturated carbocycles. The minimum absolute atomic E-state index is 0.0762. The van der Waals surface area contributed by atoms with E-state index in [0.717, 1.165) is 16.7 Å². The number of nitrogens with one attached hydrogen (secondary N) is 1. The van der Waals surface area contributed by atoms with Gasteiger partial charge in [0.15, 0.2) is 11.9 Å². The van der Waals surface area contributed by atoms with Gasteiger partial charge >= 0.3 is 5.97 Å². The molecule has 0 radical (unpaired) electrons. The first-order valence-electron chi connectivity index (χ1n) is 9.19. The van der Waals surface area contributed by atoms with Gasteiger partial charge < -0.3 is 20.3 Å². The summed E-state index contributed by atoms with van der Waals surface area (Å²) in [5.74, 6) is -2.19. The highest BCUT2D eigenvalue weighted by Crippen LogP contribution is 2.19. The van der Waals surface area contributed by atoms with E-state index in [4.69, 9.17) is 16.3 Å². The molecule has 0 saturated heterocycles. The van der Waals surface area contributed by atoms with Crippen molar-refractivity contribution >= 4 is 29.1 Å². The van der Waals surface area contributed by atoms with Crippen LogP contribution in [-0.4, -0.2) is 40.3 Å². The number of hydrogen-bond donors (Lipinski definition) is 3. The molecule has 1 amide bonds. The summed E-state index contributed by atoms with van der Waals surface area (Å²) in [4.78, 5) is 23.7. The molecule has 29 heavy (non-hydrogen) atoms. The standard InChI is InChI=1S/C22H28ClNO5/c1-13(2)29-22(28)20(26)12-19(24-21(27)16(5)25)11-17-6-8-18(9-7-17)14(3)10-15(4)23/h6-10,13,19-20,25-26H,3,5,11-12H2,1-2,4H3,(H,24,27)/b15-10+/t19-,20-/m1/s1. The van der Waals surface area contributed by atoms with E-state index in [1.54, 1.807) is 26.8 Å². The maximum atomic E-state index is 11.9. The first-order chi connectivity index (χ1) is 13.5. The van der Waals surface area contributed by atoms with Gasteiger partial charge in [-0.1, -0.05) is 49.0 Å². The number of hydrogen-bond acceptors (Lipinski definition) is 5. The molecule has 0 aliphatic carbocycles. The van der Waals surface area contributed by atoms with Crippen molar-refractivity contribution in [3.05, 3.63) is 65.4 Å². The maximum absolute atomic E-state index is 11.9. The number of halogens is 1. The molecule has 0 fully saturated rings. The zero-order valence-electron chi connectivity index (χ0n) is 16.9. The van der Waals surface area contributed by atoms with Crippen molar-refractivity contribution in [1.82, 2.24) is 5.32 Å². The minimum Gasteiger partial charge on any atom is -0.503 e. The summed E-state index contributed by atoms with van der Waals surface area (Å²) in [6.07, 6.45) is 0.220. The summed E-state index contributed by atoms with van der Waals surface area (Å²) < 4.78 is 4.99. The smallest absolute Gasteiger partial charge is 0.335 e. The number of aliphatic hydroxyl groups is 2. The van der Waals surface area contributed by atoms with Crippen molar-refractivity contribution in [2.75, 3.05) is 0 Å². The molecule has 0 bridgehead atoms. The van der Waals surface area contributed by atoms with Crippen LogP contribution in [0, 0.1) is 0 Å². The Balaban J connectivity index is 2.92. The van der Waals surface area contributed by atoms with Gasteiger partial charge in [-0.2, -0.15) is 0 Å². The predicted molar refractivity (Wildman–Crippen MR) is 114 cm³/mol. The number of carbonyl (C=O) groups is 2. The third-order valence-corrected chi connectivity index (χ3v) is 4.02. The van der Waals surface area contributed by atoms with Crippen LogP contribution in [0.4, 0.5) is 0 Å². The normalized spacial score (nSPS) is 13.5. The van der Waals surface area contributed by atoms with E-state index in [2.05, 4.69) is 18.5 Å². The molecule has 3 N–H and O–H groups in total. The van der Waals surface area contributed by atoms with E-state index in [1.807, 2.05) is 24.3 Å². The fourth-order valence-electron chi connectivity index (χ4n) is 2.60. The highest BCUT2D eigenvalue weighted by Gasteiger charge is 2.25. The molecule has 0 aliphatic rings. The van der Waals surface area contributed by atoms with Crippen molar-refractivity contribution in [1.29, 1.82) is 0 Å². The quantitative estimate of drug-likeness (QED) is 0.232. The maximum Gasteiger partial charge on any atom is 0.335 e. The van der Waals surface area contributed by atoms with Crippen LogP contribution in [0.5, 0.6) is 0 Å². The average molecular weight is 422 g/mol. The molecule has 0 unspecified atom stereocenters. The van der Waals surface area contributed by atoms with Gasteiger partial charge in [0.1, 0.15) is 0 Å². The van der Waals surface area contributed by atoms with Gasteiger partial charge in [-0.25, -0.2) is 4.79 Å². The fraction of sp³-hybridized carbons (Fsp3) is 0.364. The van der Waals surface area contributed by atoms with E-state index in [9.17, 15) is 19.8 Å². The first kappa shape index (κ1) is 24.5. The Morgan fingerprint density at radius 3 is 2.31 bits per heavy atom. The van der Waals surface area contributed by atoms with Gasteiger partial charge in [-0.3, -0.25) is 4.79 Å². The molecule has 7 heteroatoms. The monoisotopic (exact) mass is 421 g/mol. The molecule has 2 atom stereocenters. The lowest BCUT2D eigenvalue weighted by Crippen LogP contribution is -2.41. The Hall–Kier alpha value is -2.57. The van der Waals surface area contributed by atoms with E-state index in [-0.39, 0.29) is 12.5 Å². The van der Waals surface area contributed by atoms with Crippen LogP contribution in [0.3, 0.4) is 0 Å². The van der Waals surface area contributed by atoms with Crippen LogP contribution in [0.15, 0.2) is 54.3 Å². The number of benzene rings is 1. The van der Waals surface area contributed by atoms with Gasteiger partial charge in [0.2, 0.25) is 0 Å². The van der Waals surface area contributed by atoms with E-state index in [0.29, 0.717) is 11.5 Å². The summed E-state index contributed by atoms with van der Waals surface area (Å²) in [6.45, 7) is 12.3. The van der Waals surface area contributed by atoms with Gasteiger partial charge in [0.25, 0.3) is 5.91 Å². The highest BCUT2D eigenvalue weighted by molar-refractivity contribution is 6.29. The Labute approximate surface area is 176 Å². The van der Waals surface area contributed by atoms with E-state index < -0.39 is 29.8 Å². The number of allylic oxidation sites excluding steroid dienone is 3. The number of esters is 1. The molecule has 0 aromatic heterocycles. The minimum atomic E-state index is -1.41. The lowest BCUT2D eigenvalue weighted by molar-refractivity contribution is -0.158. The van der Waals surface area contributed by atoms with Crippen molar-refractivity contribution < 1.29 is 24.5 Å². The molecule has 158 valence electrons. The molecular weight excluding hydrogens is 394 g/mol. The Kier molecular flexibility index (Phi) is 9.65. The number of rotatable bonds is 10. The molecule has 1 aromatic carbocycles. The topological polar surface area (TPSA) is 95.9 Å². The Bertz CT molecular complexity index is 779. The van der Waals surface area contributed by atoms with E-state index >= 15 is 0 Å². The third-order valence-electron chi connectivity index (χ3n) is 3.91. The SMILES string of the molecule is C=C(O)C(=O)N[C@H](Cc1ccc(C(=C)/C=C(\C)Cl)cc1)C[C@@H](O)C(=O)OC(C)C. The zero-order chi connectivity index (χ0) is 22.1. The molecule has 1 aromatic rings. The molecular formula is C22H28ClNO5. The predicted octanol–water partition coefficient (Wildman–Crippen LogP) is 3.64. The summed E-state index contributed by atoms with van der Waals surface area (Å²) in [6, 6.07) is 6.80. The van der Waals surface area contributed by atoms with Crippen molar-refractivity contribution in [3.8, 4) is 0 Å². The van der Waals surface area contributed by atoms with Crippen LogP contribution in [0.2, 0.25) is 0 Å². The first-order valence-corrected chi connectivity index (χ1v) is 9.56. The second kappa shape index (κ2) is 11.4. The van der Waals surface area contributed by atoms with Crippen molar-refractivity contribution in [2.24, 2.45) is 0 Å². The largest absolute Gasteiger partial charge is 0.503 e. The van der Waals surface area contributed by atoms with Gasteiger partial charge in [-0.15, -0.1) is 0 Å². The second-order valence-electron chi connectivity index (χ2n) is 7.01. The second-order valence-corrected chi connectivity index (χ2v) is 7.61. The lowest BCUT2D eigenvalue weighted by Gasteiger charge is -2.22. The number of amides is 1. The Morgan fingerprint density at radius 1 is 1.24 bits per heavy atom. The van der Waals surface area contributed by atoms with Crippen LogP contribution in [0.25, 0.3) is 5.57 Å². The molecule has 0 spiro atoms. The summed E-state index contributed by atoms with van der Waals surface area (Å²) in [5, 5.41) is 22.6. The lowest BCUT2D eigenvalue weighted by atomic mass is 9.98. The summed E-state index contributed by atoms with van der Waals surface area (Å²) in [7, 11) is 0. The number of aliphatic hydroxyl groups excluding tert-OH is 2. The molecule has 0 aliphatic heterocycles. The Morgan fingerprint density at radius 2 is 1.83 bits per heavy atom. The van der Waals surface area contributed by atoms with Crippen LogP contribution in [0.1, 0.15) is 38.3 Å². The molecule has 0 heterocycles. The van der Waals surface area contributed by atoms with Gasteiger partial charge in [-0.05, 0) is 50.0 Å². The van der Waals surface area contributed by atoms with Crippen molar-refractivity contribution in [3.63, 3.8) is 0 Å². The highest BCUT2D eigenvalue weighted by atomic mass is 35.5. The van der Waals surface area contributed by atoms with Gasteiger partial charge in [0.05, 0.1) is 6.10 Å². The van der Waals surface area contributed by atoms with Crippen LogP contribution < -0.4 is 5.32 Å². The van der Waals surface area contributed by atoms with Crippen LogP contribution in [-0.2, 0) is 20.7 Å². The van der Waals surface area contributed by atoms with Crippen LogP contribution >= 0.6 is 11.6 Å². The average Bonchev–Trinajstić information content (AvgIpc) is 2.60. The van der Waals surface area contributed by atoms with Crippen molar-refractivity contribution in [2.45, 2.75) is 51.9 Å². The molecule has 6 nitrogen and oxygen atoms in total. The summed E-state index contributed by atoms with van der Waals surface area (Å²) >= 11 is 5.87. The molecule has 1 rings (SSSR count). The zero-order valence-corrected chi connectivity index (χ0v) is 17.7. The summed E-state index contributed by atoms with van der Waals surface area (Å²) in [5.41, 5.74) is 2.50. The fourth-order valence-corrected chi connectivity index (χ4v) is 2.73.